The van der Waals surface area contributed by atoms with Crippen molar-refractivity contribution < 1.29 is 4.74 Å². The van der Waals surface area contributed by atoms with Gasteiger partial charge in [0, 0.05) is 24.0 Å². The second kappa shape index (κ2) is 8.15. The van der Waals surface area contributed by atoms with E-state index in [2.05, 4.69) is 37.1 Å². The van der Waals surface area contributed by atoms with Crippen LogP contribution >= 0.6 is 11.3 Å². The van der Waals surface area contributed by atoms with E-state index in [1.54, 1.807) is 11.3 Å². The van der Waals surface area contributed by atoms with Gasteiger partial charge in [-0.3, -0.25) is 0 Å². The minimum absolute atomic E-state index is 0.678. The molecule has 0 fully saturated rings. The first-order valence-electron chi connectivity index (χ1n) is 7.48. The summed E-state index contributed by atoms with van der Waals surface area (Å²) in [6.07, 6.45) is 2.84. The highest BCUT2D eigenvalue weighted by Gasteiger charge is 2.04. The molecule has 0 amide bonds. The largest absolute Gasteiger partial charge is 0.493 e. The molecule has 2 rings (SSSR count). The van der Waals surface area contributed by atoms with Crippen LogP contribution in [0.5, 0.6) is 5.75 Å². The molecule has 0 aliphatic carbocycles. The fraction of sp³-hybridized carbons (Fsp3) is 0.471. The molecule has 0 saturated carbocycles. The SMILES string of the molecule is Cc1ccccc1OCCc1ncc(CNCC(C)C)s1. The number of aromatic nitrogens is 1. The van der Waals surface area contributed by atoms with Crippen molar-refractivity contribution in [3.63, 3.8) is 0 Å². The fourth-order valence-corrected chi connectivity index (χ4v) is 2.87. The topological polar surface area (TPSA) is 34.1 Å². The number of thiazole rings is 1. The molecule has 4 heteroatoms. The van der Waals surface area contributed by atoms with Crippen LogP contribution in [0.4, 0.5) is 0 Å². The number of nitrogens with one attached hydrogen (secondary N) is 1. The molecule has 1 N–H and O–H groups in total. The van der Waals surface area contributed by atoms with Crippen LogP contribution in [-0.4, -0.2) is 18.1 Å². The van der Waals surface area contributed by atoms with Crippen molar-refractivity contribution in [1.29, 1.82) is 0 Å². The van der Waals surface area contributed by atoms with Gasteiger partial charge in [0.1, 0.15) is 5.75 Å². The lowest BCUT2D eigenvalue weighted by Crippen LogP contribution is -2.18. The highest BCUT2D eigenvalue weighted by atomic mass is 32.1. The minimum Gasteiger partial charge on any atom is -0.493 e. The number of aryl methyl sites for hydroxylation is 1. The lowest BCUT2D eigenvalue weighted by molar-refractivity contribution is 0.319. The van der Waals surface area contributed by atoms with Gasteiger partial charge in [-0.1, -0.05) is 32.0 Å². The van der Waals surface area contributed by atoms with Gasteiger partial charge in [0.15, 0.2) is 0 Å². The van der Waals surface area contributed by atoms with Crippen molar-refractivity contribution in [3.05, 3.63) is 45.9 Å². The van der Waals surface area contributed by atoms with Gasteiger partial charge < -0.3 is 10.1 Å². The zero-order valence-electron chi connectivity index (χ0n) is 13.1. The molecule has 0 unspecified atom stereocenters. The van der Waals surface area contributed by atoms with Crippen LogP contribution < -0.4 is 10.1 Å². The zero-order valence-corrected chi connectivity index (χ0v) is 13.9. The van der Waals surface area contributed by atoms with Gasteiger partial charge in [0.2, 0.25) is 0 Å². The Labute approximate surface area is 131 Å². The van der Waals surface area contributed by atoms with Gasteiger partial charge in [0.05, 0.1) is 11.6 Å². The Kier molecular flexibility index (Phi) is 6.21. The van der Waals surface area contributed by atoms with E-state index in [-0.39, 0.29) is 0 Å². The van der Waals surface area contributed by atoms with Crippen LogP contribution in [0, 0.1) is 12.8 Å². The number of hydrogen-bond acceptors (Lipinski definition) is 4. The highest BCUT2D eigenvalue weighted by molar-refractivity contribution is 7.11. The van der Waals surface area contributed by atoms with E-state index in [4.69, 9.17) is 4.74 Å². The van der Waals surface area contributed by atoms with Crippen LogP contribution in [-0.2, 0) is 13.0 Å². The second-order valence-corrected chi connectivity index (χ2v) is 6.81. The third kappa shape index (κ3) is 5.48. The van der Waals surface area contributed by atoms with E-state index < -0.39 is 0 Å². The van der Waals surface area contributed by atoms with Crippen molar-refractivity contribution >= 4 is 11.3 Å². The van der Waals surface area contributed by atoms with Crippen LogP contribution in [0.2, 0.25) is 0 Å². The first-order chi connectivity index (χ1) is 10.1. The van der Waals surface area contributed by atoms with Crippen LogP contribution in [0.1, 0.15) is 29.3 Å². The quantitative estimate of drug-likeness (QED) is 0.805. The average molecular weight is 304 g/mol. The van der Waals surface area contributed by atoms with E-state index in [9.17, 15) is 0 Å². The summed E-state index contributed by atoms with van der Waals surface area (Å²) >= 11 is 1.77. The molecule has 3 nitrogen and oxygen atoms in total. The third-order valence-corrected chi connectivity index (χ3v) is 4.18. The Bertz CT molecular complexity index is 551. The van der Waals surface area contributed by atoms with Gasteiger partial charge in [-0.05, 0) is 31.0 Å². The minimum atomic E-state index is 0.678. The van der Waals surface area contributed by atoms with Crippen molar-refractivity contribution in [2.75, 3.05) is 13.2 Å². The third-order valence-electron chi connectivity index (χ3n) is 3.12. The van der Waals surface area contributed by atoms with E-state index in [0.29, 0.717) is 12.5 Å². The van der Waals surface area contributed by atoms with Crippen molar-refractivity contribution in [2.24, 2.45) is 5.92 Å². The fourth-order valence-electron chi connectivity index (χ4n) is 2.00. The maximum atomic E-state index is 5.81. The van der Waals surface area contributed by atoms with Crippen molar-refractivity contribution in [2.45, 2.75) is 33.7 Å². The smallest absolute Gasteiger partial charge is 0.122 e. The Morgan fingerprint density at radius 2 is 2.10 bits per heavy atom. The maximum Gasteiger partial charge on any atom is 0.122 e. The molecule has 0 spiro atoms. The lowest BCUT2D eigenvalue weighted by atomic mass is 10.2. The summed E-state index contributed by atoms with van der Waals surface area (Å²) < 4.78 is 5.81. The van der Waals surface area contributed by atoms with Gasteiger partial charge in [0.25, 0.3) is 0 Å². The Balaban J connectivity index is 1.74. The van der Waals surface area contributed by atoms with Crippen LogP contribution in [0.3, 0.4) is 0 Å². The summed E-state index contributed by atoms with van der Waals surface area (Å²) in [4.78, 5) is 5.76. The Morgan fingerprint density at radius 3 is 2.86 bits per heavy atom. The number of nitrogens with zero attached hydrogens (tertiary/aromatic N) is 1. The lowest BCUT2D eigenvalue weighted by Gasteiger charge is -2.07. The predicted molar refractivity (Wildman–Crippen MR) is 89.0 cm³/mol. The van der Waals surface area contributed by atoms with E-state index in [0.717, 1.165) is 30.3 Å². The first kappa shape index (κ1) is 16.0. The number of hydrogen-bond donors (Lipinski definition) is 1. The average Bonchev–Trinajstić information content (AvgIpc) is 2.88. The monoisotopic (exact) mass is 304 g/mol. The molecule has 1 aromatic heterocycles. The summed E-state index contributed by atoms with van der Waals surface area (Å²) in [6, 6.07) is 8.11. The van der Waals surface area contributed by atoms with Gasteiger partial charge in [-0.15, -0.1) is 11.3 Å². The van der Waals surface area contributed by atoms with Gasteiger partial charge in [-0.25, -0.2) is 4.98 Å². The molecule has 0 bridgehead atoms. The molecule has 0 aliphatic rings. The van der Waals surface area contributed by atoms with E-state index in [1.807, 2.05) is 24.4 Å². The molecule has 2 aromatic rings. The standard InChI is InChI=1S/C17H24N2OS/c1-13(2)10-18-11-15-12-19-17(21-15)8-9-20-16-7-5-4-6-14(16)3/h4-7,12-13,18H,8-11H2,1-3H3. The molecule has 21 heavy (non-hydrogen) atoms. The predicted octanol–water partition coefficient (Wildman–Crippen LogP) is 3.82. The summed E-state index contributed by atoms with van der Waals surface area (Å²) in [5.41, 5.74) is 1.18. The van der Waals surface area contributed by atoms with Crippen molar-refractivity contribution in [1.82, 2.24) is 10.3 Å². The molecule has 0 atom stereocenters. The highest BCUT2D eigenvalue weighted by Crippen LogP contribution is 2.18. The molecule has 0 saturated heterocycles. The number of para-hydroxylation sites is 1. The van der Waals surface area contributed by atoms with Crippen molar-refractivity contribution in [3.8, 4) is 5.75 Å². The Hall–Kier alpha value is -1.39. The molecule has 1 heterocycles. The normalized spacial score (nSPS) is 11.0. The van der Waals surface area contributed by atoms with E-state index in [1.165, 1.54) is 10.4 Å². The van der Waals surface area contributed by atoms with Gasteiger partial charge in [-0.2, -0.15) is 0 Å². The summed E-state index contributed by atoms with van der Waals surface area (Å²) in [5.74, 6) is 1.65. The summed E-state index contributed by atoms with van der Waals surface area (Å²) in [6.45, 7) is 9.13. The first-order valence-corrected chi connectivity index (χ1v) is 8.29. The molecule has 1 aromatic carbocycles. The zero-order chi connectivity index (χ0) is 15.1. The Morgan fingerprint density at radius 1 is 1.29 bits per heavy atom. The summed E-state index contributed by atoms with van der Waals surface area (Å²) in [5, 5.41) is 4.59. The number of ether oxygens (including phenoxy) is 1. The maximum absolute atomic E-state index is 5.81. The van der Waals surface area contributed by atoms with E-state index >= 15 is 0 Å². The van der Waals surface area contributed by atoms with Gasteiger partial charge >= 0.3 is 0 Å². The number of benzene rings is 1. The van der Waals surface area contributed by atoms with Crippen LogP contribution in [0.15, 0.2) is 30.5 Å². The summed E-state index contributed by atoms with van der Waals surface area (Å²) in [7, 11) is 0. The van der Waals surface area contributed by atoms with Crippen LogP contribution in [0.25, 0.3) is 0 Å². The number of rotatable bonds is 8. The molecular formula is C17H24N2OS. The molecular weight excluding hydrogens is 280 g/mol. The molecule has 0 aliphatic heterocycles. The molecule has 114 valence electrons. The molecule has 0 radical (unpaired) electrons. The second-order valence-electron chi connectivity index (χ2n) is 5.61.